The topological polar surface area (TPSA) is 23.8 Å². The second-order valence-corrected chi connectivity index (χ2v) is 5.21. The molecule has 0 bridgehead atoms. The van der Waals surface area contributed by atoms with Gasteiger partial charge < -0.3 is 0 Å². The molecule has 0 fully saturated rings. The number of rotatable bonds is 2. The first-order valence-electron chi connectivity index (χ1n) is 5.55. The normalized spacial score (nSPS) is 10.1. The lowest BCUT2D eigenvalue weighted by Gasteiger charge is -2.07. The molecular formula is C15H12FNS. The molecule has 1 nitrogen and oxygen atoms in total. The van der Waals surface area contributed by atoms with E-state index in [4.69, 9.17) is 5.26 Å². The first kappa shape index (κ1) is 12.7. The molecule has 18 heavy (non-hydrogen) atoms. The Morgan fingerprint density at radius 3 is 2.39 bits per heavy atom. The van der Waals surface area contributed by atoms with Crippen molar-refractivity contribution >= 4 is 11.8 Å². The van der Waals surface area contributed by atoms with Gasteiger partial charge in [-0.2, -0.15) is 5.26 Å². The van der Waals surface area contributed by atoms with Crippen LogP contribution in [0.4, 0.5) is 4.39 Å². The third kappa shape index (κ3) is 2.72. The summed E-state index contributed by atoms with van der Waals surface area (Å²) in [6.07, 6.45) is 0. The van der Waals surface area contributed by atoms with E-state index < -0.39 is 0 Å². The Hall–Kier alpha value is -1.79. The van der Waals surface area contributed by atoms with Crippen LogP contribution >= 0.6 is 11.8 Å². The summed E-state index contributed by atoms with van der Waals surface area (Å²) in [5.74, 6) is -0.348. The highest BCUT2D eigenvalue weighted by Gasteiger charge is 2.07. The molecule has 0 aliphatic rings. The fraction of sp³-hybridized carbons (Fsp3) is 0.133. The van der Waals surface area contributed by atoms with Crippen LogP contribution in [0.3, 0.4) is 0 Å². The molecule has 0 atom stereocenters. The van der Waals surface area contributed by atoms with E-state index in [-0.39, 0.29) is 5.82 Å². The van der Waals surface area contributed by atoms with Gasteiger partial charge in [0.2, 0.25) is 0 Å². The van der Waals surface area contributed by atoms with E-state index in [2.05, 4.69) is 6.07 Å². The fourth-order valence-corrected chi connectivity index (χ4v) is 2.57. The van der Waals surface area contributed by atoms with E-state index in [1.165, 1.54) is 23.4 Å². The van der Waals surface area contributed by atoms with Crippen LogP contribution in [0, 0.1) is 31.0 Å². The first-order chi connectivity index (χ1) is 8.60. The molecule has 0 radical (unpaired) electrons. The average Bonchev–Trinajstić information content (AvgIpc) is 2.34. The van der Waals surface area contributed by atoms with Crippen molar-refractivity contribution in [2.75, 3.05) is 0 Å². The summed E-state index contributed by atoms with van der Waals surface area (Å²) < 4.78 is 13.8. The van der Waals surface area contributed by atoms with Crippen LogP contribution in [0.5, 0.6) is 0 Å². The number of benzene rings is 2. The quantitative estimate of drug-likeness (QED) is 0.792. The van der Waals surface area contributed by atoms with E-state index in [9.17, 15) is 4.39 Å². The van der Waals surface area contributed by atoms with Gasteiger partial charge in [-0.05, 0) is 43.7 Å². The number of hydrogen-bond donors (Lipinski definition) is 0. The van der Waals surface area contributed by atoms with Gasteiger partial charge in [-0.25, -0.2) is 4.39 Å². The van der Waals surface area contributed by atoms with Crippen molar-refractivity contribution in [1.29, 1.82) is 5.26 Å². The molecule has 2 aromatic rings. The number of halogens is 1. The van der Waals surface area contributed by atoms with Crippen molar-refractivity contribution in [2.45, 2.75) is 23.6 Å². The molecule has 2 aromatic carbocycles. The predicted molar refractivity (Wildman–Crippen MR) is 71.2 cm³/mol. The van der Waals surface area contributed by atoms with E-state index >= 15 is 0 Å². The summed E-state index contributed by atoms with van der Waals surface area (Å²) in [6, 6.07) is 12.6. The van der Waals surface area contributed by atoms with E-state index in [1.807, 2.05) is 32.0 Å². The summed E-state index contributed by atoms with van der Waals surface area (Å²) in [5, 5.41) is 8.69. The van der Waals surface area contributed by atoms with Crippen LogP contribution in [0.25, 0.3) is 0 Å². The monoisotopic (exact) mass is 257 g/mol. The van der Waals surface area contributed by atoms with Crippen molar-refractivity contribution in [2.24, 2.45) is 0 Å². The minimum Gasteiger partial charge on any atom is -0.206 e. The minimum atomic E-state index is -0.348. The lowest BCUT2D eigenvalue weighted by molar-refractivity contribution is 0.601. The first-order valence-corrected chi connectivity index (χ1v) is 6.36. The smallest absolute Gasteiger partial charge is 0.138 e. The summed E-state index contributed by atoms with van der Waals surface area (Å²) >= 11 is 1.38. The number of nitriles is 1. The molecule has 90 valence electrons. The highest BCUT2D eigenvalue weighted by Crippen LogP contribution is 2.32. The second-order valence-electron chi connectivity index (χ2n) is 4.13. The molecule has 0 aliphatic carbocycles. The van der Waals surface area contributed by atoms with Crippen LogP contribution in [-0.2, 0) is 0 Å². The zero-order valence-electron chi connectivity index (χ0n) is 10.2. The standard InChI is InChI=1S/C15H12FNS/c1-10-3-5-14(11(2)7-10)18-15-6-4-12(9-17)8-13(15)16/h3-8H,1-2H3. The zero-order chi connectivity index (χ0) is 13.1. The highest BCUT2D eigenvalue weighted by atomic mass is 32.2. The molecular weight excluding hydrogens is 245 g/mol. The van der Waals surface area contributed by atoms with Gasteiger partial charge in [-0.1, -0.05) is 29.5 Å². The van der Waals surface area contributed by atoms with Crippen LogP contribution in [0.15, 0.2) is 46.2 Å². The van der Waals surface area contributed by atoms with Gasteiger partial charge in [0.25, 0.3) is 0 Å². The van der Waals surface area contributed by atoms with E-state index in [0.717, 1.165) is 10.5 Å². The Morgan fingerprint density at radius 1 is 1.06 bits per heavy atom. The van der Waals surface area contributed by atoms with Gasteiger partial charge >= 0.3 is 0 Å². The molecule has 0 saturated heterocycles. The number of aryl methyl sites for hydroxylation is 2. The highest BCUT2D eigenvalue weighted by molar-refractivity contribution is 7.99. The van der Waals surface area contributed by atoms with Crippen LogP contribution in [0.1, 0.15) is 16.7 Å². The van der Waals surface area contributed by atoms with Gasteiger partial charge in [0.15, 0.2) is 0 Å². The summed E-state index contributed by atoms with van der Waals surface area (Å²) in [6.45, 7) is 4.04. The lowest BCUT2D eigenvalue weighted by atomic mass is 10.2. The molecule has 0 heterocycles. The maximum Gasteiger partial charge on any atom is 0.138 e. The molecule has 0 unspecified atom stereocenters. The van der Waals surface area contributed by atoms with Crippen molar-refractivity contribution < 1.29 is 4.39 Å². The second kappa shape index (κ2) is 5.24. The van der Waals surface area contributed by atoms with Crippen molar-refractivity contribution in [3.05, 3.63) is 58.9 Å². The molecule has 3 heteroatoms. The van der Waals surface area contributed by atoms with Crippen LogP contribution in [-0.4, -0.2) is 0 Å². The Morgan fingerprint density at radius 2 is 1.78 bits per heavy atom. The average molecular weight is 257 g/mol. The fourth-order valence-electron chi connectivity index (χ4n) is 1.69. The SMILES string of the molecule is Cc1ccc(Sc2ccc(C#N)cc2F)c(C)c1. The molecule has 0 saturated carbocycles. The van der Waals surface area contributed by atoms with E-state index in [1.54, 1.807) is 12.1 Å². The molecule has 0 aromatic heterocycles. The molecule has 0 aliphatic heterocycles. The maximum absolute atomic E-state index is 13.8. The van der Waals surface area contributed by atoms with E-state index in [0.29, 0.717) is 10.5 Å². The summed E-state index contributed by atoms with van der Waals surface area (Å²) in [7, 11) is 0. The molecule has 2 rings (SSSR count). The minimum absolute atomic E-state index is 0.345. The van der Waals surface area contributed by atoms with Crippen molar-refractivity contribution in [1.82, 2.24) is 0 Å². The van der Waals surface area contributed by atoms with Gasteiger partial charge in [-0.15, -0.1) is 0 Å². The zero-order valence-corrected chi connectivity index (χ0v) is 11.0. The third-order valence-electron chi connectivity index (χ3n) is 2.61. The summed E-state index contributed by atoms with van der Waals surface area (Å²) in [5.41, 5.74) is 2.67. The lowest BCUT2D eigenvalue weighted by Crippen LogP contribution is -1.86. The Bertz CT molecular complexity index is 629. The van der Waals surface area contributed by atoms with Crippen LogP contribution < -0.4 is 0 Å². The van der Waals surface area contributed by atoms with Gasteiger partial charge in [0.05, 0.1) is 11.6 Å². The van der Waals surface area contributed by atoms with Crippen molar-refractivity contribution in [3.63, 3.8) is 0 Å². The molecule has 0 amide bonds. The maximum atomic E-state index is 13.8. The predicted octanol–water partition coefficient (Wildman–Crippen LogP) is 4.47. The number of nitrogens with zero attached hydrogens (tertiary/aromatic N) is 1. The summed E-state index contributed by atoms with van der Waals surface area (Å²) in [4.78, 5) is 1.57. The van der Waals surface area contributed by atoms with Crippen molar-refractivity contribution in [3.8, 4) is 6.07 Å². The third-order valence-corrected chi connectivity index (χ3v) is 3.84. The van der Waals surface area contributed by atoms with Gasteiger partial charge in [0, 0.05) is 9.79 Å². The molecule has 0 N–H and O–H groups in total. The largest absolute Gasteiger partial charge is 0.206 e. The van der Waals surface area contributed by atoms with Crippen LogP contribution in [0.2, 0.25) is 0 Å². The van der Waals surface area contributed by atoms with Gasteiger partial charge in [-0.3, -0.25) is 0 Å². The van der Waals surface area contributed by atoms with Gasteiger partial charge in [0.1, 0.15) is 5.82 Å². The Balaban J connectivity index is 2.32. The molecule has 0 spiro atoms. The number of hydrogen-bond acceptors (Lipinski definition) is 2. The Kier molecular flexibility index (Phi) is 3.69. The Labute approximate surface area is 110 Å².